The molecule has 2 aromatic rings. The van der Waals surface area contributed by atoms with Crippen LogP contribution < -0.4 is 0 Å². The van der Waals surface area contributed by atoms with E-state index in [4.69, 9.17) is 14.9 Å². The van der Waals surface area contributed by atoms with Gasteiger partial charge in [-0.25, -0.2) is 9.59 Å². The van der Waals surface area contributed by atoms with Crippen molar-refractivity contribution >= 4 is 11.9 Å². The topological polar surface area (TPSA) is 93.1 Å². The minimum Gasteiger partial charge on any atom is -0.508 e. The summed E-state index contributed by atoms with van der Waals surface area (Å²) in [6.07, 6.45) is 0.809. The van der Waals surface area contributed by atoms with Gasteiger partial charge < -0.3 is 19.7 Å². The second kappa shape index (κ2) is 9.89. The maximum Gasteiger partial charge on any atom is 0.338 e. The first-order chi connectivity index (χ1) is 11.5. The van der Waals surface area contributed by atoms with E-state index in [1.54, 1.807) is 0 Å². The summed E-state index contributed by atoms with van der Waals surface area (Å²) in [7, 11) is 1.31. The Balaban J connectivity index is 0.000000243. The maximum absolute atomic E-state index is 11.2. The predicted molar refractivity (Wildman–Crippen MR) is 88.1 cm³/mol. The first kappa shape index (κ1) is 19.0. The summed E-state index contributed by atoms with van der Waals surface area (Å²) in [5.41, 5.74) is 0.900. The minimum absolute atomic E-state index is 0.137. The van der Waals surface area contributed by atoms with Gasteiger partial charge in [0.15, 0.2) is 0 Å². The molecule has 2 rings (SSSR count). The molecule has 6 nitrogen and oxygen atoms in total. The van der Waals surface area contributed by atoms with Gasteiger partial charge >= 0.3 is 11.9 Å². The summed E-state index contributed by atoms with van der Waals surface area (Å²) < 4.78 is 9.35. The fourth-order valence-corrected chi connectivity index (χ4v) is 1.59. The molecule has 0 atom stereocenters. The molecule has 2 N–H and O–H groups in total. The largest absolute Gasteiger partial charge is 0.508 e. The number of phenolic OH excluding ortho intramolecular Hbond substituents is 2. The number of benzene rings is 2. The van der Waals surface area contributed by atoms with Gasteiger partial charge in [-0.1, -0.05) is 6.92 Å². The van der Waals surface area contributed by atoms with Gasteiger partial charge in [0, 0.05) is 0 Å². The Labute approximate surface area is 140 Å². The summed E-state index contributed by atoms with van der Waals surface area (Å²) in [6.45, 7) is 2.36. The standard InChI is InChI=1S/C10H12O3.C8H8O3/c1-2-7-13-10(12)8-3-5-9(11)6-4-8;1-11-8(10)6-2-4-7(9)5-3-6/h3-6,11H,2,7H2,1H3;2-5,9H,1H3. The minimum atomic E-state index is -0.398. The molecule has 0 unspecified atom stereocenters. The lowest BCUT2D eigenvalue weighted by atomic mass is 10.2. The summed E-state index contributed by atoms with van der Waals surface area (Å²) in [5, 5.41) is 17.8. The van der Waals surface area contributed by atoms with Crippen LogP contribution in [0.2, 0.25) is 0 Å². The molecule has 0 aromatic heterocycles. The van der Waals surface area contributed by atoms with Gasteiger partial charge in [0.25, 0.3) is 0 Å². The molecular formula is C18H20O6. The fourth-order valence-electron chi connectivity index (χ4n) is 1.59. The van der Waals surface area contributed by atoms with Gasteiger partial charge in [0.05, 0.1) is 24.8 Å². The summed E-state index contributed by atoms with van der Waals surface area (Å²) >= 11 is 0. The SMILES string of the molecule is CCCOC(=O)c1ccc(O)cc1.COC(=O)c1ccc(O)cc1. The van der Waals surface area contributed by atoms with E-state index in [-0.39, 0.29) is 17.5 Å². The Morgan fingerprint density at radius 2 is 1.25 bits per heavy atom. The molecule has 0 fully saturated rings. The Hall–Kier alpha value is -3.02. The van der Waals surface area contributed by atoms with Crippen LogP contribution in [0.1, 0.15) is 34.1 Å². The van der Waals surface area contributed by atoms with E-state index in [9.17, 15) is 9.59 Å². The van der Waals surface area contributed by atoms with E-state index >= 15 is 0 Å². The highest BCUT2D eigenvalue weighted by Gasteiger charge is 2.05. The van der Waals surface area contributed by atoms with E-state index < -0.39 is 5.97 Å². The second-order valence-corrected chi connectivity index (χ2v) is 4.72. The molecule has 2 aromatic carbocycles. The van der Waals surface area contributed by atoms with Crippen LogP contribution in [0, 0.1) is 0 Å². The number of rotatable bonds is 4. The number of aromatic hydroxyl groups is 2. The number of carbonyl (C=O) groups excluding carboxylic acids is 2. The molecule has 0 bridgehead atoms. The quantitative estimate of drug-likeness (QED) is 0.836. The van der Waals surface area contributed by atoms with Crippen LogP contribution >= 0.6 is 0 Å². The monoisotopic (exact) mass is 332 g/mol. The number of methoxy groups -OCH3 is 1. The van der Waals surface area contributed by atoms with Crippen molar-refractivity contribution in [3.05, 3.63) is 59.7 Å². The molecule has 6 heteroatoms. The molecular weight excluding hydrogens is 312 g/mol. The Kier molecular flexibility index (Phi) is 7.84. The highest BCUT2D eigenvalue weighted by atomic mass is 16.5. The van der Waals surface area contributed by atoms with Gasteiger partial charge in [-0.15, -0.1) is 0 Å². The van der Waals surface area contributed by atoms with Crippen LogP contribution in [0.5, 0.6) is 11.5 Å². The molecule has 0 aliphatic heterocycles. The van der Waals surface area contributed by atoms with Crippen molar-refractivity contribution in [3.8, 4) is 11.5 Å². The Bertz CT molecular complexity index is 646. The summed E-state index contributed by atoms with van der Waals surface area (Å²) in [5.74, 6) is -0.462. The number of ether oxygens (including phenoxy) is 2. The van der Waals surface area contributed by atoms with Gasteiger partial charge in [-0.05, 0) is 55.0 Å². The van der Waals surface area contributed by atoms with Crippen LogP contribution in [0.25, 0.3) is 0 Å². The van der Waals surface area contributed by atoms with Crippen LogP contribution in [0.4, 0.5) is 0 Å². The van der Waals surface area contributed by atoms with E-state index in [1.807, 2.05) is 6.92 Å². The van der Waals surface area contributed by atoms with E-state index in [2.05, 4.69) is 4.74 Å². The third-order valence-electron chi connectivity index (χ3n) is 2.83. The third kappa shape index (κ3) is 6.39. The van der Waals surface area contributed by atoms with E-state index in [0.29, 0.717) is 17.7 Å². The van der Waals surface area contributed by atoms with E-state index in [0.717, 1.165) is 6.42 Å². The van der Waals surface area contributed by atoms with Gasteiger partial charge in [-0.3, -0.25) is 0 Å². The summed E-state index contributed by atoms with van der Waals surface area (Å²) in [4.78, 5) is 22.0. The number of phenols is 2. The van der Waals surface area contributed by atoms with Gasteiger partial charge in [-0.2, -0.15) is 0 Å². The molecule has 0 heterocycles. The highest BCUT2D eigenvalue weighted by Crippen LogP contribution is 2.11. The van der Waals surface area contributed by atoms with Crippen molar-refractivity contribution in [2.75, 3.05) is 13.7 Å². The lowest BCUT2D eigenvalue weighted by Gasteiger charge is -2.02. The Morgan fingerprint density at radius 1 is 0.833 bits per heavy atom. The lowest BCUT2D eigenvalue weighted by molar-refractivity contribution is 0.0504. The molecule has 0 radical (unpaired) electrons. The first-order valence-electron chi connectivity index (χ1n) is 7.31. The predicted octanol–water partition coefficient (Wildman–Crippen LogP) is 3.14. The average Bonchev–Trinajstić information content (AvgIpc) is 2.61. The zero-order valence-electron chi connectivity index (χ0n) is 13.6. The molecule has 0 saturated carbocycles. The molecule has 24 heavy (non-hydrogen) atoms. The van der Waals surface area contributed by atoms with Crippen molar-refractivity contribution in [1.82, 2.24) is 0 Å². The highest BCUT2D eigenvalue weighted by molar-refractivity contribution is 5.89. The molecule has 0 aliphatic carbocycles. The van der Waals surface area contributed by atoms with Crippen LogP contribution in [0.3, 0.4) is 0 Å². The number of hydrogen-bond donors (Lipinski definition) is 2. The van der Waals surface area contributed by atoms with Crippen molar-refractivity contribution in [2.24, 2.45) is 0 Å². The van der Waals surface area contributed by atoms with Gasteiger partial charge in [0.2, 0.25) is 0 Å². The van der Waals surface area contributed by atoms with E-state index in [1.165, 1.54) is 55.6 Å². The Morgan fingerprint density at radius 3 is 1.62 bits per heavy atom. The average molecular weight is 332 g/mol. The second-order valence-electron chi connectivity index (χ2n) is 4.72. The first-order valence-corrected chi connectivity index (χ1v) is 7.31. The van der Waals surface area contributed by atoms with Crippen molar-refractivity contribution in [1.29, 1.82) is 0 Å². The zero-order valence-corrected chi connectivity index (χ0v) is 13.6. The third-order valence-corrected chi connectivity index (χ3v) is 2.83. The summed E-state index contributed by atoms with van der Waals surface area (Å²) in [6, 6.07) is 11.9. The zero-order chi connectivity index (χ0) is 17.9. The maximum atomic E-state index is 11.2. The van der Waals surface area contributed by atoms with Crippen molar-refractivity contribution in [2.45, 2.75) is 13.3 Å². The molecule has 0 amide bonds. The van der Waals surface area contributed by atoms with Crippen LogP contribution in [-0.4, -0.2) is 35.9 Å². The van der Waals surface area contributed by atoms with Crippen molar-refractivity contribution < 1.29 is 29.3 Å². The van der Waals surface area contributed by atoms with Gasteiger partial charge in [0.1, 0.15) is 11.5 Å². The molecule has 0 saturated heterocycles. The number of carbonyl (C=O) groups is 2. The normalized spacial score (nSPS) is 9.42. The number of esters is 2. The van der Waals surface area contributed by atoms with Crippen LogP contribution in [-0.2, 0) is 9.47 Å². The van der Waals surface area contributed by atoms with Crippen molar-refractivity contribution in [3.63, 3.8) is 0 Å². The van der Waals surface area contributed by atoms with Crippen LogP contribution in [0.15, 0.2) is 48.5 Å². The number of hydrogen-bond acceptors (Lipinski definition) is 6. The fraction of sp³-hybridized carbons (Fsp3) is 0.222. The smallest absolute Gasteiger partial charge is 0.338 e. The molecule has 0 aliphatic rings. The lowest BCUT2D eigenvalue weighted by Crippen LogP contribution is -2.05. The molecule has 0 spiro atoms. The molecule has 128 valence electrons.